The number of nitrogens with zero attached hydrogens (tertiary/aromatic N) is 2. The van der Waals surface area contributed by atoms with Crippen LogP contribution in [0.4, 0.5) is 5.69 Å². The minimum Gasteiger partial charge on any atom is -0.493 e. The third-order valence-electron chi connectivity index (χ3n) is 7.66. The van der Waals surface area contributed by atoms with Crippen molar-refractivity contribution in [3.63, 3.8) is 0 Å². The average Bonchev–Trinajstić information content (AvgIpc) is 3.19. The van der Waals surface area contributed by atoms with Gasteiger partial charge in [-0.15, -0.1) is 0 Å². The van der Waals surface area contributed by atoms with Crippen LogP contribution in [0.5, 0.6) is 17.2 Å². The molecule has 2 heterocycles. The van der Waals surface area contributed by atoms with Gasteiger partial charge in [0, 0.05) is 43.8 Å². The average molecular weight is 482 g/mol. The Morgan fingerprint density at radius 3 is 2.51 bits per heavy atom. The molecule has 1 amide bonds. The van der Waals surface area contributed by atoms with Crippen molar-refractivity contribution >= 4 is 11.6 Å². The van der Waals surface area contributed by atoms with Gasteiger partial charge in [-0.25, -0.2) is 0 Å². The Bertz CT molecular complexity index is 1040. The molecule has 0 aromatic heterocycles. The number of rotatable bonds is 6. The normalized spacial score (nSPS) is 20.4. The number of amides is 1. The molecular formula is C28H39N3O4. The molecule has 2 aromatic rings. The highest BCUT2D eigenvalue weighted by Gasteiger charge is 2.33. The molecule has 190 valence electrons. The van der Waals surface area contributed by atoms with Gasteiger partial charge in [0.2, 0.25) is 11.7 Å². The Balaban J connectivity index is 1.57. The van der Waals surface area contributed by atoms with Crippen LogP contribution in [-0.4, -0.2) is 69.3 Å². The highest BCUT2D eigenvalue weighted by Crippen LogP contribution is 2.40. The first kappa shape index (κ1) is 25.2. The molecule has 35 heavy (non-hydrogen) atoms. The van der Waals surface area contributed by atoms with Gasteiger partial charge >= 0.3 is 0 Å². The third-order valence-corrected chi connectivity index (χ3v) is 7.66. The number of benzene rings is 2. The fourth-order valence-electron chi connectivity index (χ4n) is 5.61. The summed E-state index contributed by atoms with van der Waals surface area (Å²) in [6, 6.07) is 11.2. The summed E-state index contributed by atoms with van der Waals surface area (Å²) >= 11 is 0. The van der Waals surface area contributed by atoms with Gasteiger partial charge in [-0.2, -0.15) is 0 Å². The number of aryl methyl sites for hydroxylation is 2. The minimum atomic E-state index is 0.158. The maximum atomic E-state index is 13.7. The molecule has 2 atom stereocenters. The molecule has 0 spiro atoms. The highest BCUT2D eigenvalue weighted by molar-refractivity contribution is 5.77. The molecule has 0 radical (unpaired) electrons. The van der Waals surface area contributed by atoms with E-state index in [2.05, 4.69) is 47.3 Å². The highest BCUT2D eigenvalue weighted by atomic mass is 16.5. The van der Waals surface area contributed by atoms with Crippen LogP contribution in [-0.2, 0) is 17.8 Å². The maximum Gasteiger partial charge on any atom is 0.223 e. The van der Waals surface area contributed by atoms with E-state index in [4.69, 9.17) is 14.2 Å². The van der Waals surface area contributed by atoms with Gasteiger partial charge in [-0.1, -0.05) is 24.3 Å². The number of hydrogen-bond acceptors (Lipinski definition) is 6. The molecule has 2 unspecified atom stereocenters. The number of carbonyl (C=O) groups excluding carboxylic acids is 1. The van der Waals surface area contributed by atoms with E-state index in [1.165, 1.54) is 23.2 Å². The molecule has 2 aliphatic rings. The first-order chi connectivity index (χ1) is 17.0. The minimum absolute atomic E-state index is 0.158. The number of ether oxygens (including phenoxy) is 3. The number of likely N-dealkylation sites (N-methyl/N-ethyl adjacent to an activating group) is 1. The third kappa shape index (κ3) is 5.35. The van der Waals surface area contributed by atoms with Crippen molar-refractivity contribution in [2.45, 2.75) is 57.7 Å². The Kier molecular flexibility index (Phi) is 8.06. The van der Waals surface area contributed by atoms with Gasteiger partial charge in [-0.3, -0.25) is 9.69 Å². The van der Waals surface area contributed by atoms with Gasteiger partial charge in [0.1, 0.15) is 0 Å². The summed E-state index contributed by atoms with van der Waals surface area (Å²) in [5.74, 6) is 1.96. The zero-order valence-corrected chi connectivity index (χ0v) is 21.7. The molecular weight excluding hydrogens is 442 g/mol. The van der Waals surface area contributed by atoms with Crippen molar-refractivity contribution in [3.8, 4) is 17.2 Å². The van der Waals surface area contributed by atoms with Gasteiger partial charge in [-0.05, 0) is 62.4 Å². The Morgan fingerprint density at radius 2 is 1.77 bits per heavy atom. The fraction of sp³-hybridized carbons (Fsp3) is 0.536. The molecule has 0 aliphatic carbocycles. The van der Waals surface area contributed by atoms with Gasteiger partial charge in [0.05, 0.1) is 21.3 Å². The molecule has 2 bridgehead atoms. The second kappa shape index (κ2) is 11.2. The number of anilines is 1. The summed E-state index contributed by atoms with van der Waals surface area (Å²) in [5, 5.41) is 3.68. The van der Waals surface area contributed by atoms with E-state index in [0.29, 0.717) is 48.7 Å². The quantitative estimate of drug-likeness (QED) is 0.665. The number of fused-ring (bicyclic) bond motifs is 3. The second-order valence-electron chi connectivity index (χ2n) is 9.64. The summed E-state index contributed by atoms with van der Waals surface area (Å²) in [5.41, 5.74) is 4.52. The van der Waals surface area contributed by atoms with Crippen LogP contribution in [0.15, 0.2) is 30.3 Å². The number of methoxy groups -OCH3 is 3. The fourth-order valence-corrected chi connectivity index (χ4v) is 5.61. The molecule has 7 heteroatoms. The SMILES string of the molecule is COc1ccc(CCC(=O)N2Cc3cccc(C)c3NCCC3CCC(C2)N3C)c(OC)c1OC. The number of para-hydroxylation sites is 1. The molecule has 1 fully saturated rings. The first-order valence-corrected chi connectivity index (χ1v) is 12.6. The lowest BCUT2D eigenvalue weighted by Gasteiger charge is -2.31. The van der Waals surface area contributed by atoms with Crippen LogP contribution in [0.1, 0.15) is 42.4 Å². The maximum absolute atomic E-state index is 13.7. The smallest absolute Gasteiger partial charge is 0.223 e. The summed E-state index contributed by atoms with van der Waals surface area (Å²) < 4.78 is 16.6. The van der Waals surface area contributed by atoms with Crippen molar-refractivity contribution in [1.82, 2.24) is 9.80 Å². The Hall–Kier alpha value is -2.93. The second-order valence-corrected chi connectivity index (χ2v) is 9.64. The monoisotopic (exact) mass is 481 g/mol. The number of carbonyl (C=O) groups is 1. The lowest BCUT2D eigenvalue weighted by molar-refractivity contribution is -0.132. The molecule has 1 saturated heterocycles. The van der Waals surface area contributed by atoms with Crippen molar-refractivity contribution in [3.05, 3.63) is 47.0 Å². The predicted molar refractivity (Wildman–Crippen MR) is 139 cm³/mol. The largest absolute Gasteiger partial charge is 0.493 e. The van der Waals surface area contributed by atoms with E-state index in [1.54, 1.807) is 21.3 Å². The van der Waals surface area contributed by atoms with E-state index < -0.39 is 0 Å². The lowest BCUT2D eigenvalue weighted by Crippen LogP contribution is -2.43. The van der Waals surface area contributed by atoms with Gasteiger partial charge in [0.25, 0.3) is 0 Å². The first-order valence-electron chi connectivity index (χ1n) is 12.6. The van der Waals surface area contributed by atoms with E-state index in [9.17, 15) is 4.79 Å². The number of hydrogen-bond donors (Lipinski definition) is 1. The molecule has 7 nitrogen and oxygen atoms in total. The topological polar surface area (TPSA) is 63.3 Å². The van der Waals surface area contributed by atoms with E-state index in [0.717, 1.165) is 31.5 Å². The van der Waals surface area contributed by atoms with Crippen LogP contribution in [0.25, 0.3) is 0 Å². The summed E-state index contributed by atoms with van der Waals surface area (Å²) in [7, 11) is 7.04. The molecule has 1 N–H and O–H groups in total. The summed E-state index contributed by atoms with van der Waals surface area (Å²) in [4.78, 5) is 18.2. The molecule has 4 rings (SSSR count). The van der Waals surface area contributed by atoms with Gasteiger partial charge in [0.15, 0.2) is 11.5 Å². The molecule has 0 saturated carbocycles. The predicted octanol–water partition coefficient (Wildman–Crippen LogP) is 4.26. The van der Waals surface area contributed by atoms with Crippen molar-refractivity contribution in [1.29, 1.82) is 0 Å². The number of nitrogens with one attached hydrogen (secondary N) is 1. The molecule has 2 aliphatic heterocycles. The van der Waals surface area contributed by atoms with E-state index in [-0.39, 0.29) is 5.91 Å². The summed E-state index contributed by atoms with van der Waals surface area (Å²) in [6.07, 6.45) is 4.42. The van der Waals surface area contributed by atoms with Crippen LogP contribution in [0.2, 0.25) is 0 Å². The van der Waals surface area contributed by atoms with Crippen molar-refractivity contribution in [2.24, 2.45) is 0 Å². The standard InChI is InChI=1S/C28H39N3O4/c1-19-7-6-8-21-17-31(18-23-12-11-22(30(23)2)15-16-29-26(19)21)25(32)14-10-20-9-13-24(33-3)28(35-5)27(20)34-4/h6-9,13,22-23,29H,10-12,14-18H2,1-5H3. The van der Waals surface area contributed by atoms with Crippen LogP contribution in [0, 0.1) is 6.92 Å². The van der Waals surface area contributed by atoms with Crippen LogP contribution < -0.4 is 19.5 Å². The van der Waals surface area contributed by atoms with Crippen LogP contribution >= 0.6 is 0 Å². The van der Waals surface area contributed by atoms with E-state index in [1.807, 2.05) is 12.1 Å². The Morgan fingerprint density at radius 1 is 1.00 bits per heavy atom. The van der Waals surface area contributed by atoms with Crippen molar-refractivity contribution < 1.29 is 19.0 Å². The Labute approximate surface area is 209 Å². The van der Waals surface area contributed by atoms with Crippen LogP contribution in [0.3, 0.4) is 0 Å². The van der Waals surface area contributed by atoms with E-state index >= 15 is 0 Å². The zero-order valence-electron chi connectivity index (χ0n) is 21.7. The van der Waals surface area contributed by atoms with Gasteiger partial charge < -0.3 is 24.4 Å². The molecule has 2 aromatic carbocycles. The van der Waals surface area contributed by atoms with Crippen molar-refractivity contribution in [2.75, 3.05) is 46.8 Å². The lowest BCUT2D eigenvalue weighted by atomic mass is 10.0. The zero-order chi connectivity index (χ0) is 24.9. The summed E-state index contributed by atoms with van der Waals surface area (Å²) in [6.45, 7) is 4.45.